The van der Waals surface area contributed by atoms with Gasteiger partial charge in [0.1, 0.15) is 0 Å². The number of nitrogens with one attached hydrogen (secondary N) is 1. The number of carbonyl (C=O) groups is 1. The molecule has 21 heavy (non-hydrogen) atoms. The summed E-state index contributed by atoms with van der Waals surface area (Å²) in [5.74, 6) is -0.00561. The summed E-state index contributed by atoms with van der Waals surface area (Å²) in [5.41, 5.74) is 0.602. The first-order valence-corrected chi connectivity index (χ1v) is 9.12. The van der Waals surface area contributed by atoms with Crippen LogP contribution in [0.3, 0.4) is 0 Å². The van der Waals surface area contributed by atoms with Crippen LogP contribution in [0.2, 0.25) is 0 Å². The third-order valence-electron chi connectivity index (χ3n) is 3.95. The molecule has 124 valence electrons. The maximum atomic E-state index is 11.3. The molecular weight excluding hydrogens is 258 g/mol. The average molecular weight is 296 g/mol. The van der Waals surface area contributed by atoms with E-state index in [0.717, 1.165) is 13.0 Å². The molecule has 0 aromatic heterocycles. The van der Waals surface area contributed by atoms with E-state index < -0.39 is 0 Å². The minimum Gasteiger partial charge on any atom is -0.352 e. The van der Waals surface area contributed by atoms with Gasteiger partial charge in [-0.15, -0.1) is 0 Å². The van der Waals surface area contributed by atoms with Crippen molar-refractivity contribution >= 4 is 5.91 Å². The zero-order valence-corrected chi connectivity index (χ0v) is 14.5. The van der Waals surface area contributed by atoms with Crippen molar-refractivity contribution in [3.05, 3.63) is 12.2 Å². The molecule has 0 aromatic carbocycles. The van der Waals surface area contributed by atoms with Crippen molar-refractivity contribution in [2.24, 2.45) is 0 Å². The monoisotopic (exact) mass is 295 g/mol. The van der Waals surface area contributed by atoms with E-state index in [1.165, 1.54) is 77.0 Å². The second kappa shape index (κ2) is 15.6. The first kappa shape index (κ1) is 20.2. The molecule has 0 aliphatic carbocycles. The van der Waals surface area contributed by atoms with Crippen molar-refractivity contribution < 1.29 is 4.79 Å². The predicted molar refractivity (Wildman–Crippen MR) is 93.5 cm³/mol. The number of carbonyl (C=O) groups excluding carboxylic acids is 1. The third kappa shape index (κ3) is 15.4. The van der Waals surface area contributed by atoms with Gasteiger partial charge in [0.2, 0.25) is 5.91 Å². The minimum absolute atomic E-state index is 0.00561. The lowest BCUT2D eigenvalue weighted by Crippen LogP contribution is -2.24. The van der Waals surface area contributed by atoms with Crippen LogP contribution >= 0.6 is 0 Å². The number of unbranched alkanes of at least 4 members (excludes halogenated alkanes) is 12. The summed E-state index contributed by atoms with van der Waals surface area (Å²) in [7, 11) is 0. The third-order valence-corrected chi connectivity index (χ3v) is 3.95. The molecule has 0 bridgehead atoms. The van der Waals surface area contributed by atoms with Crippen molar-refractivity contribution in [3.63, 3.8) is 0 Å². The normalized spacial score (nSPS) is 10.6. The summed E-state index contributed by atoms with van der Waals surface area (Å²) < 4.78 is 0. The molecule has 2 nitrogen and oxygen atoms in total. The summed E-state index contributed by atoms with van der Waals surface area (Å²) in [6, 6.07) is 0. The maximum absolute atomic E-state index is 11.3. The highest BCUT2D eigenvalue weighted by atomic mass is 16.1. The summed E-state index contributed by atoms with van der Waals surface area (Å²) in [4.78, 5) is 11.3. The zero-order chi connectivity index (χ0) is 15.8. The number of hydrogen-bond acceptors (Lipinski definition) is 1. The fourth-order valence-corrected chi connectivity index (χ4v) is 2.50. The lowest BCUT2D eigenvalue weighted by atomic mass is 10.0. The Morgan fingerprint density at radius 3 is 1.52 bits per heavy atom. The van der Waals surface area contributed by atoms with Crippen LogP contribution in [-0.4, -0.2) is 12.5 Å². The Morgan fingerprint density at radius 1 is 0.762 bits per heavy atom. The Kier molecular flexibility index (Phi) is 15.0. The van der Waals surface area contributed by atoms with Gasteiger partial charge in [-0.05, 0) is 13.3 Å². The Balaban J connectivity index is 3.06. The van der Waals surface area contributed by atoms with Gasteiger partial charge in [-0.25, -0.2) is 0 Å². The highest BCUT2D eigenvalue weighted by Crippen LogP contribution is 2.12. The molecule has 0 aliphatic heterocycles. The van der Waals surface area contributed by atoms with Crippen molar-refractivity contribution in [2.75, 3.05) is 6.54 Å². The zero-order valence-electron chi connectivity index (χ0n) is 14.5. The molecule has 0 aromatic rings. The van der Waals surface area contributed by atoms with Gasteiger partial charge >= 0.3 is 0 Å². The van der Waals surface area contributed by atoms with Gasteiger partial charge in [-0.1, -0.05) is 90.6 Å². The van der Waals surface area contributed by atoms with E-state index in [1.54, 1.807) is 6.92 Å². The topological polar surface area (TPSA) is 29.1 Å². The standard InChI is InChI=1S/C19H37NO/c1-4-5-6-7-8-9-10-11-12-13-14-15-16-17-20-19(21)18(2)3/h2,4-17H2,1,3H3,(H,20,21). The van der Waals surface area contributed by atoms with Crippen LogP contribution in [0.1, 0.15) is 97.3 Å². The van der Waals surface area contributed by atoms with Crippen molar-refractivity contribution in [1.82, 2.24) is 5.32 Å². The molecule has 0 fully saturated rings. The lowest BCUT2D eigenvalue weighted by Gasteiger charge is -2.05. The highest BCUT2D eigenvalue weighted by molar-refractivity contribution is 5.91. The van der Waals surface area contributed by atoms with Crippen LogP contribution in [0, 0.1) is 0 Å². The van der Waals surface area contributed by atoms with E-state index in [0.29, 0.717) is 5.57 Å². The molecule has 0 saturated heterocycles. The fraction of sp³-hybridized carbons (Fsp3) is 0.842. The molecule has 0 radical (unpaired) electrons. The van der Waals surface area contributed by atoms with Gasteiger partial charge in [0, 0.05) is 12.1 Å². The Morgan fingerprint density at radius 2 is 1.14 bits per heavy atom. The summed E-state index contributed by atoms with van der Waals surface area (Å²) in [6.45, 7) is 8.44. The number of amides is 1. The molecule has 2 heteroatoms. The second-order valence-electron chi connectivity index (χ2n) is 6.28. The minimum atomic E-state index is -0.00561. The second-order valence-corrected chi connectivity index (χ2v) is 6.28. The molecule has 0 spiro atoms. The van der Waals surface area contributed by atoms with Crippen LogP contribution in [0.4, 0.5) is 0 Å². The Hall–Kier alpha value is -0.790. The molecule has 0 aliphatic rings. The molecule has 1 amide bonds. The van der Waals surface area contributed by atoms with Crippen LogP contribution in [-0.2, 0) is 4.79 Å². The van der Waals surface area contributed by atoms with Gasteiger partial charge < -0.3 is 5.32 Å². The number of hydrogen-bond donors (Lipinski definition) is 1. The summed E-state index contributed by atoms with van der Waals surface area (Å²) in [5, 5.41) is 2.88. The molecule has 0 heterocycles. The van der Waals surface area contributed by atoms with Crippen LogP contribution in [0.25, 0.3) is 0 Å². The first-order valence-electron chi connectivity index (χ1n) is 9.12. The maximum Gasteiger partial charge on any atom is 0.246 e. The van der Waals surface area contributed by atoms with Gasteiger partial charge in [0.05, 0.1) is 0 Å². The van der Waals surface area contributed by atoms with E-state index in [9.17, 15) is 4.79 Å². The van der Waals surface area contributed by atoms with Crippen molar-refractivity contribution in [1.29, 1.82) is 0 Å². The Labute approximate surface area is 132 Å². The SMILES string of the molecule is C=C(C)C(=O)NCCCCCCCCCCCCCCC. The van der Waals surface area contributed by atoms with E-state index in [4.69, 9.17) is 0 Å². The fourth-order valence-electron chi connectivity index (χ4n) is 2.50. The van der Waals surface area contributed by atoms with Gasteiger partial charge in [-0.2, -0.15) is 0 Å². The summed E-state index contributed by atoms with van der Waals surface area (Å²) >= 11 is 0. The highest BCUT2D eigenvalue weighted by Gasteiger charge is 1.99. The van der Waals surface area contributed by atoms with Crippen molar-refractivity contribution in [3.8, 4) is 0 Å². The van der Waals surface area contributed by atoms with Crippen molar-refractivity contribution in [2.45, 2.75) is 97.3 Å². The van der Waals surface area contributed by atoms with Crippen LogP contribution in [0.5, 0.6) is 0 Å². The molecular formula is C19H37NO. The lowest BCUT2D eigenvalue weighted by molar-refractivity contribution is -0.117. The van der Waals surface area contributed by atoms with E-state index in [1.807, 2.05) is 0 Å². The molecule has 0 saturated carbocycles. The van der Waals surface area contributed by atoms with E-state index in [2.05, 4.69) is 18.8 Å². The largest absolute Gasteiger partial charge is 0.352 e. The summed E-state index contributed by atoms with van der Waals surface area (Å²) in [6.07, 6.45) is 17.7. The van der Waals surface area contributed by atoms with Gasteiger partial charge in [0.15, 0.2) is 0 Å². The molecule has 0 unspecified atom stereocenters. The Bertz CT molecular complexity index is 260. The van der Waals surface area contributed by atoms with Crippen LogP contribution < -0.4 is 5.32 Å². The quantitative estimate of drug-likeness (QED) is 0.301. The predicted octanol–water partition coefficient (Wildman–Crippen LogP) is 5.77. The van der Waals surface area contributed by atoms with E-state index >= 15 is 0 Å². The number of rotatable bonds is 15. The molecule has 0 atom stereocenters. The van der Waals surface area contributed by atoms with Gasteiger partial charge in [-0.3, -0.25) is 4.79 Å². The molecule has 1 N–H and O–H groups in total. The smallest absolute Gasteiger partial charge is 0.246 e. The van der Waals surface area contributed by atoms with Gasteiger partial charge in [0.25, 0.3) is 0 Å². The first-order chi connectivity index (χ1) is 10.2. The van der Waals surface area contributed by atoms with Crippen LogP contribution in [0.15, 0.2) is 12.2 Å². The van der Waals surface area contributed by atoms with E-state index in [-0.39, 0.29) is 5.91 Å². The average Bonchev–Trinajstić information content (AvgIpc) is 2.47. The molecule has 0 rings (SSSR count).